The van der Waals surface area contributed by atoms with E-state index in [0.717, 1.165) is 5.56 Å². The molecule has 0 bridgehead atoms. The average molecular weight is 285 g/mol. The Labute approximate surface area is 122 Å². The van der Waals surface area contributed by atoms with Gasteiger partial charge in [-0.25, -0.2) is 4.09 Å². The first kappa shape index (κ1) is 13.9. The number of thiol groups is 1. The first-order valence-corrected chi connectivity index (χ1v) is 6.13. The van der Waals surface area contributed by atoms with E-state index in [9.17, 15) is 0 Å². The molecule has 0 aliphatic carbocycles. The fourth-order valence-corrected chi connectivity index (χ4v) is 1.79. The van der Waals surface area contributed by atoms with Crippen molar-refractivity contribution >= 4 is 12.8 Å². The molecule has 6 heteroatoms. The summed E-state index contributed by atoms with van der Waals surface area (Å²) in [4.78, 5) is 0. The highest BCUT2D eigenvalue weighted by Gasteiger charge is 2.10. The lowest BCUT2D eigenvalue weighted by atomic mass is 10.1. The molecule has 0 unspecified atom stereocenters. The standard InChI is InChI=1S/C14H11N3O2S/c1-2-4-11-5-3-6-13(19-10-15)12(11)9-18-14-7-8-17(20)16-14/h3,5-8,20H,9H2,1H3. The Balaban J connectivity index is 2.27. The summed E-state index contributed by atoms with van der Waals surface area (Å²) < 4.78 is 11.8. The van der Waals surface area contributed by atoms with Crippen molar-refractivity contribution < 1.29 is 9.47 Å². The van der Waals surface area contributed by atoms with E-state index in [1.807, 2.05) is 6.07 Å². The molecule has 0 saturated heterocycles. The van der Waals surface area contributed by atoms with E-state index in [1.165, 1.54) is 4.09 Å². The monoisotopic (exact) mass is 285 g/mol. The zero-order valence-corrected chi connectivity index (χ0v) is 11.6. The SMILES string of the molecule is CC#Cc1cccc(OC#N)c1COc1ccn(S)n1. The van der Waals surface area contributed by atoms with Gasteiger partial charge in [-0.2, -0.15) is 0 Å². The molecule has 0 spiro atoms. The number of nitrogens with zero attached hydrogens (tertiary/aromatic N) is 3. The Morgan fingerprint density at radius 3 is 2.90 bits per heavy atom. The Bertz CT molecular complexity index is 707. The van der Waals surface area contributed by atoms with E-state index < -0.39 is 0 Å². The van der Waals surface area contributed by atoms with Gasteiger partial charge in [0.15, 0.2) is 0 Å². The van der Waals surface area contributed by atoms with Gasteiger partial charge in [-0.05, 0) is 31.9 Å². The summed E-state index contributed by atoms with van der Waals surface area (Å²) in [6.07, 6.45) is 3.32. The third kappa shape index (κ3) is 3.25. The maximum absolute atomic E-state index is 8.68. The second-order valence-corrected chi connectivity index (χ2v) is 4.12. The van der Waals surface area contributed by atoms with Crippen LogP contribution in [0.3, 0.4) is 0 Å². The molecule has 0 aliphatic heterocycles. The summed E-state index contributed by atoms with van der Waals surface area (Å²) in [6.45, 7) is 1.94. The van der Waals surface area contributed by atoms with Crippen molar-refractivity contribution in [3.8, 4) is 29.7 Å². The molecule has 20 heavy (non-hydrogen) atoms. The van der Waals surface area contributed by atoms with Crippen LogP contribution in [0.25, 0.3) is 0 Å². The van der Waals surface area contributed by atoms with Crippen molar-refractivity contribution in [3.05, 3.63) is 41.6 Å². The topological polar surface area (TPSA) is 60.1 Å². The van der Waals surface area contributed by atoms with Crippen LogP contribution < -0.4 is 9.47 Å². The summed E-state index contributed by atoms with van der Waals surface area (Å²) in [5.74, 6) is 6.64. The highest BCUT2D eigenvalue weighted by molar-refractivity contribution is 7.78. The molecule has 2 aromatic rings. The minimum Gasteiger partial charge on any atom is -0.472 e. The van der Waals surface area contributed by atoms with Gasteiger partial charge in [0.1, 0.15) is 12.4 Å². The molecule has 1 heterocycles. The minimum atomic E-state index is 0.201. The molecule has 0 N–H and O–H groups in total. The Kier molecular flexibility index (Phi) is 4.54. The second-order valence-electron chi connectivity index (χ2n) is 3.71. The normalized spacial score (nSPS) is 9.25. The van der Waals surface area contributed by atoms with Crippen LogP contribution in [-0.2, 0) is 6.61 Å². The van der Waals surface area contributed by atoms with Gasteiger partial charge in [0.05, 0.1) is 0 Å². The van der Waals surface area contributed by atoms with Crippen LogP contribution in [0, 0.1) is 23.4 Å². The number of benzene rings is 1. The van der Waals surface area contributed by atoms with E-state index in [0.29, 0.717) is 17.2 Å². The first-order valence-electron chi connectivity index (χ1n) is 5.73. The van der Waals surface area contributed by atoms with Crippen LogP contribution >= 0.6 is 12.8 Å². The molecule has 0 radical (unpaired) electrons. The predicted molar refractivity (Wildman–Crippen MR) is 76.2 cm³/mol. The number of hydrogen-bond donors (Lipinski definition) is 1. The molecule has 5 nitrogen and oxygen atoms in total. The molecular formula is C14H11N3O2S. The summed E-state index contributed by atoms with van der Waals surface area (Å²) >= 11 is 4.03. The summed E-state index contributed by atoms with van der Waals surface area (Å²) in [6, 6.07) is 7.00. The van der Waals surface area contributed by atoms with Crippen molar-refractivity contribution in [2.75, 3.05) is 0 Å². The summed E-state index contributed by atoms with van der Waals surface area (Å²) in [7, 11) is 0. The van der Waals surface area contributed by atoms with Crippen LogP contribution in [0.15, 0.2) is 30.5 Å². The predicted octanol–water partition coefficient (Wildman–Crippen LogP) is 2.39. The van der Waals surface area contributed by atoms with Crippen molar-refractivity contribution in [3.63, 3.8) is 0 Å². The number of hydrogen-bond acceptors (Lipinski definition) is 5. The average Bonchev–Trinajstić information content (AvgIpc) is 2.84. The molecule has 0 fully saturated rings. The van der Waals surface area contributed by atoms with Crippen molar-refractivity contribution in [2.45, 2.75) is 13.5 Å². The van der Waals surface area contributed by atoms with Gasteiger partial charge in [0, 0.05) is 23.4 Å². The molecular weight excluding hydrogens is 274 g/mol. The molecule has 0 atom stereocenters. The Morgan fingerprint density at radius 2 is 2.25 bits per heavy atom. The molecule has 0 amide bonds. The quantitative estimate of drug-likeness (QED) is 0.532. The summed E-state index contributed by atoms with van der Waals surface area (Å²) in [5.41, 5.74) is 1.46. The van der Waals surface area contributed by atoms with E-state index >= 15 is 0 Å². The van der Waals surface area contributed by atoms with Gasteiger partial charge < -0.3 is 9.47 Å². The van der Waals surface area contributed by atoms with Gasteiger partial charge >= 0.3 is 0 Å². The van der Waals surface area contributed by atoms with E-state index in [-0.39, 0.29) is 6.61 Å². The van der Waals surface area contributed by atoms with Crippen molar-refractivity contribution in [1.29, 1.82) is 5.26 Å². The van der Waals surface area contributed by atoms with Gasteiger partial charge in [0.2, 0.25) is 5.88 Å². The smallest absolute Gasteiger partial charge is 0.292 e. The Morgan fingerprint density at radius 1 is 1.40 bits per heavy atom. The van der Waals surface area contributed by atoms with Gasteiger partial charge in [-0.15, -0.1) is 16.3 Å². The van der Waals surface area contributed by atoms with Crippen molar-refractivity contribution in [2.24, 2.45) is 0 Å². The molecule has 100 valence electrons. The fourth-order valence-electron chi connectivity index (χ4n) is 1.63. The maximum Gasteiger partial charge on any atom is 0.292 e. The van der Waals surface area contributed by atoms with Gasteiger partial charge in [0.25, 0.3) is 6.26 Å². The first-order chi connectivity index (χ1) is 9.74. The van der Waals surface area contributed by atoms with E-state index in [2.05, 4.69) is 29.8 Å². The molecule has 2 rings (SSSR count). The van der Waals surface area contributed by atoms with E-state index in [4.69, 9.17) is 14.7 Å². The zero-order valence-electron chi connectivity index (χ0n) is 10.7. The summed E-state index contributed by atoms with van der Waals surface area (Å²) in [5, 5.41) is 12.7. The molecule has 0 saturated carbocycles. The van der Waals surface area contributed by atoms with Crippen LogP contribution in [0.1, 0.15) is 18.1 Å². The van der Waals surface area contributed by atoms with Gasteiger partial charge in [-0.1, -0.05) is 12.0 Å². The highest BCUT2D eigenvalue weighted by Crippen LogP contribution is 2.23. The number of rotatable bonds is 4. The minimum absolute atomic E-state index is 0.201. The van der Waals surface area contributed by atoms with Crippen LogP contribution in [0.2, 0.25) is 0 Å². The second kappa shape index (κ2) is 6.55. The number of aromatic nitrogens is 2. The van der Waals surface area contributed by atoms with Crippen LogP contribution in [0.4, 0.5) is 0 Å². The van der Waals surface area contributed by atoms with Crippen LogP contribution in [0.5, 0.6) is 11.6 Å². The number of ether oxygens (including phenoxy) is 2. The lowest BCUT2D eigenvalue weighted by molar-refractivity contribution is 0.288. The Hall–Kier alpha value is -2.57. The molecule has 1 aromatic carbocycles. The maximum atomic E-state index is 8.68. The van der Waals surface area contributed by atoms with Crippen LogP contribution in [-0.4, -0.2) is 9.19 Å². The highest BCUT2D eigenvalue weighted by atomic mass is 32.1. The lowest BCUT2D eigenvalue weighted by Gasteiger charge is -2.09. The third-order valence-corrected chi connectivity index (χ3v) is 2.69. The molecule has 0 aliphatic rings. The number of nitriles is 1. The zero-order chi connectivity index (χ0) is 14.4. The fraction of sp³-hybridized carbons (Fsp3) is 0.143. The lowest BCUT2D eigenvalue weighted by Crippen LogP contribution is -2.02. The van der Waals surface area contributed by atoms with Crippen molar-refractivity contribution in [1.82, 2.24) is 9.19 Å². The van der Waals surface area contributed by atoms with Gasteiger partial charge in [-0.3, -0.25) is 0 Å². The largest absolute Gasteiger partial charge is 0.472 e. The molecule has 1 aromatic heterocycles. The van der Waals surface area contributed by atoms with E-state index in [1.54, 1.807) is 37.6 Å². The third-order valence-electron chi connectivity index (χ3n) is 2.46.